The highest BCUT2D eigenvalue weighted by Gasteiger charge is 2.23. The van der Waals surface area contributed by atoms with Crippen LogP contribution in [0.3, 0.4) is 0 Å². The number of para-hydroxylation sites is 1. The molecule has 1 fully saturated rings. The molecule has 6 nitrogen and oxygen atoms in total. The lowest BCUT2D eigenvalue weighted by atomic mass is 9.98. The third-order valence-corrected chi connectivity index (χ3v) is 6.83. The highest BCUT2D eigenvalue weighted by atomic mass is 32.2. The predicted molar refractivity (Wildman–Crippen MR) is 112 cm³/mol. The number of ether oxygens (including phenoxy) is 1. The molecule has 0 unspecified atom stereocenters. The zero-order valence-electron chi connectivity index (χ0n) is 16.5. The van der Waals surface area contributed by atoms with Crippen LogP contribution in [0, 0.1) is 5.92 Å². The number of likely N-dealkylation sites (tertiary alicyclic amines) is 1. The van der Waals surface area contributed by atoms with Crippen LogP contribution in [0.1, 0.15) is 18.6 Å². The summed E-state index contributed by atoms with van der Waals surface area (Å²) in [4.78, 5) is 2.60. The Hall–Kier alpha value is -2.35. The molecule has 1 N–H and O–H groups in total. The maximum atomic E-state index is 12.6. The number of sulfonamides is 1. The first-order chi connectivity index (χ1) is 14.0. The van der Waals surface area contributed by atoms with Crippen LogP contribution in [0.4, 0.5) is 0 Å². The molecular weight excluding hydrogens is 388 g/mol. The smallest absolute Gasteiger partial charge is 0.240 e. The van der Waals surface area contributed by atoms with Crippen molar-refractivity contribution >= 4 is 21.0 Å². The van der Waals surface area contributed by atoms with E-state index in [4.69, 9.17) is 9.15 Å². The number of methoxy groups -OCH3 is 1. The van der Waals surface area contributed by atoms with Gasteiger partial charge in [-0.3, -0.25) is 4.90 Å². The minimum absolute atomic E-state index is 0.258. The summed E-state index contributed by atoms with van der Waals surface area (Å²) in [5.74, 6) is 1.87. The van der Waals surface area contributed by atoms with Crippen LogP contribution in [0.2, 0.25) is 0 Å². The Morgan fingerprint density at radius 1 is 1.17 bits per heavy atom. The van der Waals surface area contributed by atoms with E-state index >= 15 is 0 Å². The lowest BCUT2D eigenvalue weighted by molar-refractivity contribution is 0.159. The highest BCUT2D eigenvalue weighted by molar-refractivity contribution is 7.89. The van der Waals surface area contributed by atoms with Crippen molar-refractivity contribution < 1.29 is 17.6 Å². The van der Waals surface area contributed by atoms with Crippen molar-refractivity contribution in [3.63, 3.8) is 0 Å². The van der Waals surface area contributed by atoms with Gasteiger partial charge in [0.05, 0.1) is 18.6 Å². The Kier molecular flexibility index (Phi) is 5.89. The van der Waals surface area contributed by atoms with E-state index < -0.39 is 10.0 Å². The van der Waals surface area contributed by atoms with Crippen LogP contribution in [-0.2, 0) is 16.6 Å². The first-order valence-corrected chi connectivity index (χ1v) is 11.4. The number of benzene rings is 2. The fourth-order valence-corrected chi connectivity index (χ4v) is 4.98. The van der Waals surface area contributed by atoms with Crippen LogP contribution in [0.25, 0.3) is 11.0 Å². The van der Waals surface area contributed by atoms with Crippen molar-refractivity contribution in [3.05, 3.63) is 60.4 Å². The first-order valence-electron chi connectivity index (χ1n) is 9.87. The largest absolute Gasteiger partial charge is 0.497 e. The zero-order valence-corrected chi connectivity index (χ0v) is 17.3. The van der Waals surface area contributed by atoms with Crippen LogP contribution in [0.15, 0.2) is 63.9 Å². The molecule has 0 amide bonds. The van der Waals surface area contributed by atoms with Crippen LogP contribution < -0.4 is 9.46 Å². The molecule has 0 spiro atoms. The second kappa shape index (κ2) is 8.57. The zero-order chi connectivity index (χ0) is 20.3. The molecule has 2 heterocycles. The number of nitrogens with zero attached hydrogens (tertiary/aromatic N) is 1. The van der Waals surface area contributed by atoms with E-state index in [1.54, 1.807) is 31.4 Å². The summed E-state index contributed by atoms with van der Waals surface area (Å²) in [5, 5.41) is 1.11. The van der Waals surface area contributed by atoms with Gasteiger partial charge in [-0.1, -0.05) is 18.2 Å². The predicted octanol–water partition coefficient (Wildman–Crippen LogP) is 3.63. The van der Waals surface area contributed by atoms with E-state index in [-0.39, 0.29) is 10.8 Å². The minimum atomic E-state index is -3.52. The van der Waals surface area contributed by atoms with Crippen molar-refractivity contribution in [2.45, 2.75) is 24.3 Å². The standard InChI is InChI=1S/C22H26N2O4S/c1-27-19-8-10-21(11-9-19)29(25,26)23-14-17-5-4-12-24(15-17)16-20-13-18-6-2-3-7-22(18)28-20/h2-3,6-11,13,17,23H,4-5,12,14-16H2,1H3/t17-/m1/s1. The Balaban J connectivity index is 1.34. The molecule has 1 aliphatic rings. The molecule has 0 aliphatic carbocycles. The number of nitrogens with one attached hydrogen (secondary N) is 1. The summed E-state index contributed by atoms with van der Waals surface area (Å²) in [7, 11) is -1.96. The van der Waals surface area contributed by atoms with E-state index in [1.165, 1.54) is 0 Å². The third kappa shape index (κ3) is 4.80. The molecule has 1 saturated heterocycles. The summed E-state index contributed by atoms with van der Waals surface area (Å²) >= 11 is 0. The first kappa shape index (κ1) is 19.9. The number of piperidine rings is 1. The van der Waals surface area contributed by atoms with Crippen molar-refractivity contribution in [2.75, 3.05) is 26.7 Å². The number of rotatable bonds is 7. The number of hydrogen-bond donors (Lipinski definition) is 1. The molecule has 0 saturated carbocycles. The summed E-state index contributed by atoms with van der Waals surface area (Å²) in [6, 6.07) is 16.5. The van der Waals surface area contributed by atoms with Crippen LogP contribution >= 0.6 is 0 Å². The molecule has 3 aromatic rings. The fraction of sp³-hybridized carbons (Fsp3) is 0.364. The molecule has 1 aliphatic heterocycles. The molecule has 1 atom stereocenters. The quantitative estimate of drug-likeness (QED) is 0.639. The van der Waals surface area contributed by atoms with Crippen molar-refractivity contribution in [1.82, 2.24) is 9.62 Å². The Morgan fingerprint density at radius 2 is 1.97 bits per heavy atom. The Bertz CT molecular complexity index is 1030. The molecule has 154 valence electrons. The summed E-state index contributed by atoms with van der Waals surface area (Å²) in [5.41, 5.74) is 0.906. The maximum Gasteiger partial charge on any atom is 0.240 e. The monoisotopic (exact) mass is 414 g/mol. The van der Waals surface area contributed by atoms with Crippen LogP contribution in [-0.4, -0.2) is 40.1 Å². The van der Waals surface area contributed by atoms with Gasteiger partial charge in [-0.15, -0.1) is 0 Å². The number of fused-ring (bicyclic) bond motifs is 1. The van der Waals surface area contributed by atoms with Gasteiger partial charge in [0.25, 0.3) is 0 Å². The molecule has 0 bridgehead atoms. The number of hydrogen-bond acceptors (Lipinski definition) is 5. The summed E-state index contributed by atoms with van der Waals surface area (Å²) < 4.78 is 38.9. The van der Waals surface area contributed by atoms with Gasteiger partial charge < -0.3 is 9.15 Å². The van der Waals surface area contributed by atoms with Gasteiger partial charge in [-0.25, -0.2) is 13.1 Å². The second-order valence-corrected chi connectivity index (χ2v) is 9.29. The number of furan rings is 1. The van der Waals surface area contributed by atoms with Gasteiger partial charge in [-0.2, -0.15) is 0 Å². The average molecular weight is 415 g/mol. The van der Waals surface area contributed by atoms with Gasteiger partial charge in [0.2, 0.25) is 10.0 Å². The van der Waals surface area contributed by atoms with Crippen molar-refractivity contribution in [3.8, 4) is 5.75 Å². The Morgan fingerprint density at radius 3 is 2.72 bits per heavy atom. The fourth-order valence-electron chi connectivity index (χ4n) is 3.86. The molecule has 7 heteroatoms. The van der Waals surface area contributed by atoms with E-state index in [1.807, 2.05) is 18.2 Å². The van der Waals surface area contributed by atoms with E-state index in [0.29, 0.717) is 12.3 Å². The summed E-state index contributed by atoms with van der Waals surface area (Å²) in [6.07, 6.45) is 2.07. The summed E-state index contributed by atoms with van der Waals surface area (Å²) in [6.45, 7) is 3.03. The van der Waals surface area contributed by atoms with Gasteiger partial charge >= 0.3 is 0 Å². The second-order valence-electron chi connectivity index (χ2n) is 7.52. The van der Waals surface area contributed by atoms with Gasteiger partial charge in [-0.05, 0) is 61.7 Å². The van der Waals surface area contributed by atoms with Gasteiger partial charge in [0.15, 0.2) is 0 Å². The highest BCUT2D eigenvalue weighted by Crippen LogP contribution is 2.23. The molecule has 2 aromatic carbocycles. The van der Waals surface area contributed by atoms with E-state index in [0.717, 1.165) is 49.2 Å². The average Bonchev–Trinajstić information content (AvgIpc) is 3.15. The van der Waals surface area contributed by atoms with Crippen molar-refractivity contribution in [1.29, 1.82) is 0 Å². The SMILES string of the molecule is COc1ccc(S(=O)(=O)NC[C@H]2CCCN(Cc3cc4ccccc4o3)C2)cc1. The van der Waals surface area contributed by atoms with E-state index in [2.05, 4.69) is 21.8 Å². The van der Waals surface area contributed by atoms with Crippen LogP contribution in [0.5, 0.6) is 5.75 Å². The molecule has 1 aromatic heterocycles. The molecular formula is C22H26N2O4S. The van der Waals surface area contributed by atoms with Gasteiger partial charge in [0, 0.05) is 18.5 Å². The Labute approximate surface area is 171 Å². The van der Waals surface area contributed by atoms with Gasteiger partial charge in [0.1, 0.15) is 17.1 Å². The third-order valence-electron chi connectivity index (χ3n) is 5.39. The topological polar surface area (TPSA) is 71.8 Å². The minimum Gasteiger partial charge on any atom is -0.497 e. The molecule has 0 radical (unpaired) electrons. The molecule has 29 heavy (non-hydrogen) atoms. The lowest BCUT2D eigenvalue weighted by Gasteiger charge is -2.32. The van der Waals surface area contributed by atoms with Crippen molar-refractivity contribution in [2.24, 2.45) is 5.92 Å². The maximum absolute atomic E-state index is 12.6. The van der Waals surface area contributed by atoms with E-state index in [9.17, 15) is 8.42 Å². The molecule has 4 rings (SSSR count). The lowest BCUT2D eigenvalue weighted by Crippen LogP contribution is -2.40. The normalized spacial score (nSPS) is 18.2.